The first kappa shape index (κ1) is 27.3. The van der Waals surface area contributed by atoms with Crippen LogP contribution in [0.4, 0.5) is 11.4 Å². The van der Waals surface area contributed by atoms with Crippen LogP contribution >= 0.6 is 11.8 Å². The van der Waals surface area contributed by atoms with Crippen molar-refractivity contribution in [2.24, 2.45) is 4.99 Å². The maximum absolute atomic E-state index is 13.3. The predicted octanol–water partition coefficient (Wildman–Crippen LogP) is 8.01. The van der Waals surface area contributed by atoms with Crippen molar-refractivity contribution in [2.45, 2.75) is 66.2 Å². The fourth-order valence-corrected chi connectivity index (χ4v) is 6.51. The SMILES string of the molecule is CCN1C(=O)/C(=C/c2cc(C)n(-c3ccc(C(C)(C)C)cc3)c2C)SC1=Nc1ccc(N2CCCCC2)cc1. The number of benzene rings is 2. The molecule has 3 heterocycles. The highest BCUT2D eigenvalue weighted by atomic mass is 32.2. The lowest BCUT2D eigenvalue weighted by Gasteiger charge is -2.28. The van der Waals surface area contributed by atoms with E-state index < -0.39 is 0 Å². The number of aryl methyl sites for hydroxylation is 1. The Morgan fingerprint density at radius 2 is 1.56 bits per heavy atom. The van der Waals surface area contributed by atoms with Crippen LogP contribution in [0.3, 0.4) is 0 Å². The first-order valence-electron chi connectivity index (χ1n) is 14.1. The molecule has 0 bridgehead atoms. The zero-order valence-electron chi connectivity index (χ0n) is 24.1. The molecule has 1 aromatic heterocycles. The van der Waals surface area contributed by atoms with Gasteiger partial charge in [-0.2, -0.15) is 0 Å². The van der Waals surface area contributed by atoms with E-state index in [1.165, 1.54) is 42.3 Å². The summed E-state index contributed by atoms with van der Waals surface area (Å²) in [5.41, 5.74) is 8.04. The number of anilines is 1. The van der Waals surface area contributed by atoms with Crippen molar-refractivity contribution in [3.8, 4) is 5.69 Å². The smallest absolute Gasteiger partial charge is 0.266 e. The molecule has 0 N–H and O–H groups in total. The van der Waals surface area contributed by atoms with Crippen molar-refractivity contribution in [1.29, 1.82) is 0 Å². The van der Waals surface area contributed by atoms with E-state index in [2.05, 4.69) is 98.7 Å². The number of hydrogen-bond acceptors (Lipinski definition) is 4. The minimum Gasteiger partial charge on any atom is -0.372 e. The quantitative estimate of drug-likeness (QED) is 0.308. The molecule has 5 nitrogen and oxygen atoms in total. The maximum atomic E-state index is 13.3. The fraction of sp³-hybridized carbons (Fsp3) is 0.394. The summed E-state index contributed by atoms with van der Waals surface area (Å²) >= 11 is 1.47. The summed E-state index contributed by atoms with van der Waals surface area (Å²) in [4.78, 5) is 23.2. The van der Waals surface area contributed by atoms with Crippen LogP contribution in [-0.4, -0.2) is 40.2 Å². The molecule has 2 fully saturated rings. The Morgan fingerprint density at radius 1 is 0.923 bits per heavy atom. The molecule has 0 unspecified atom stereocenters. The van der Waals surface area contributed by atoms with Gasteiger partial charge in [0.15, 0.2) is 5.17 Å². The molecule has 0 aliphatic carbocycles. The van der Waals surface area contributed by atoms with Crippen molar-refractivity contribution >= 4 is 40.3 Å². The number of aliphatic imine (C=N–C) groups is 1. The Morgan fingerprint density at radius 3 is 2.18 bits per heavy atom. The number of aromatic nitrogens is 1. The number of hydrogen-bond donors (Lipinski definition) is 0. The Labute approximate surface area is 237 Å². The number of likely N-dealkylation sites (N-methyl/N-ethyl adjacent to an activating group) is 1. The van der Waals surface area contributed by atoms with Gasteiger partial charge in [0.05, 0.1) is 10.6 Å². The standard InChI is InChI=1S/C33H40N4OS/c1-7-36-31(38)30(39-32(36)34-27-13-17-28(18-14-27)35-19-9-8-10-20-35)22-25-21-23(2)37(24(25)3)29-15-11-26(12-16-29)33(4,5)6/h11-18,21-22H,7-10,19-20H2,1-6H3/b30-22-,34-32?. The van der Waals surface area contributed by atoms with Gasteiger partial charge in [-0.1, -0.05) is 32.9 Å². The van der Waals surface area contributed by atoms with Crippen LogP contribution in [0.2, 0.25) is 0 Å². The third kappa shape index (κ3) is 5.72. The lowest BCUT2D eigenvalue weighted by Crippen LogP contribution is -2.29. The van der Waals surface area contributed by atoms with Gasteiger partial charge in [-0.05, 0) is 117 Å². The Kier molecular flexibility index (Phi) is 7.77. The number of rotatable bonds is 5. The molecule has 2 aliphatic rings. The van der Waals surface area contributed by atoms with Crippen molar-refractivity contribution < 1.29 is 4.79 Å². The van der Waals surface area contributed by atoms with E-state index in [-0.39, 0.29) is 11.3 Å². The van der Waals surface area contributed by atoms with Crippen molar-refractivity contribution in [1.82, 2.24) is 9.47 Å². The lowest BCUT2D eigenvalue weighted by atomic mass is 9.87. The molecular formula is C33H40N4OS. The van der Waals surface area contributed by atoms with Gasteiger partial charge in [0, 0.05) is 42.4 Å². The van der Waals surface area contributed by atoms with Gasteiger partial charge in [-0.25, -0.2) is 4.99 Å². The van der Waals surface area contributed by atoms with Crippen LogP contribution in [0.1, 0.15) is 69.5 Å². The molecule has 5 rings (SSSR count). The first-order valence-corrected chi connectivity index (χ1v) is 14.9. The zero-order chi connectivity index (χ0) is 27.7. The van der Waals surface area contributed by atoms with Crippen LogP contribution in [0.15, 0.2) is 64.5 Å². The van der Waals surface area contributed by atoms with Crippen molar-refractivity contribution in [2.75, 3.05) is 24.5 Å². The summed E-state index contributed by atoms with van der Waals surface area (Å²) in [7, 11) is 0. The summed E-state index contributed by atoms with van der Waals surface area (Å²) in [5, 5.41) is 0.742. The third-order valence-electron chi connectivity index (χ3n) is 7.75. The molecule has 2 saturated heterocycles. The van der Waals surface area contributed by atoms with E-state index in [0.717, 1.165) is 46.6 Å². The Bertz CT molecular complexity index is 1400. The summed E-state index contributed by atoms with van der Waals surface area (Å²) < 4.78 is 2.26. The van der Waals surface area contributed by atoms with Crippen LogP contribution in [0, 0.1) is 13.8 Å². The molecule has 2 aromatic carbocycles. The second-order valence-corrected chi connectivity index (χ2v) is 12.6. The molecule has 39 heavy (non-hydrogen) atoms. The number of carbonyl (C=O) groups is 1. The van der Waals surface area contributed by atoms with E-state index >= 15 is 0 Å². The Balaban J connectivity index is 1.39. The molecule has 1 amide bonds. The lowest BCUT2D eigenvalue weighted by molar-refractivity contribution is -0.122. The van der Waals surface area contributed by atoms with Crippen LogP contribution in [0.5, 0.6) is 0 Å². The largest absolute Gasteiger partial charge is 0.372 e. The van der Waals surface area contributed by atoms with Crippen LogP contribution < -0.4 is 4.90 Å². The molecule has 3 aromatic rings. The van der Waals surface area contributed by atoms with Gasteiger partial charge in [0.2, 0.25) is 0 Å². The van der Waals surface area contributed by atoms with E-state index in [9.17, 15) is 4.79 Å². The Hall–Kier alpha value is -3.25. The molecule has 0 atom stereocenters. The molecule has 204 valence electrons. The normalized spacial score (nSPS) is 18.6. The monoisotopic (exact) mass is 540 g/mol. The summed E-state index contributed by atoms with van der Waals surface area (Å²) in [5.74, 6) is 0.0190. The van der Waals surface area contributed by atoms with E-state index in [1.54, 1.807) is 4.90 Å². The highest BCUT2D eigenvalue weighted by Gasteiger charge is 2.32. The second-order valence-electron chi connectivity index (χ2n) is 11.6. The van der Waals surface area contributed by atoms with Crippen LogP contribution in [-0.2, 0) is 10.2 Å². The number of thioether (sulfide) groups is 1. The molecule has 0 saturated carbocycles. The topological polar surface area (TPSA) is 40.8 Å². The van der Waals surface area contributed by atoms with Crippen LogP contribution in [0.25, 0.3) is 11.8 Å². The number of amides is 1. The third-order valence-corrected chi connectivity index (χ3v) is 8.76. The van der Waals surface area contributed by atoms with Gasteiger partial charge in [-0.3, -0.25) is 9.69 Å². The minimum absolute atomic E-state index is 0.0190. The highest BCUT2D eigenvalue weighted by molar-refractivity contribution is 8.18. The number of piperidine rings is 1. The predicted molar refractivity (Wildman–Crippen MR) is 166 cm³/mol. The molecular weight excluding hydrogens is 500 g/mol. The van der Waals surface area contributed by atoms with Gasteiger partial charge in [-0.15, -0.1) is 0 Å². The first-order chi connectivity index (χ1) is 18.7. The zero-order valence-corrected chi connectivity index (χ0v) is 24.9. The summed E-state index contributed by atoms with van der Waals surface area (Å²) in [6.45, 7) is 15.8. The number of carbonyl (C=O) groups excluding carboxylic acids is 1. The molecule has 6 heteroatoms. The van der Waals surface area contributed by atoms with Crippen molar-refractivity contribution in [3.05, 3.63) is 82.0 Å². The molecule has 0 spiro atoms. The van der Waals surface area contributed by atoms with E-state index in [0.29, 0.717) is 11.4 Å². The summed E-state index contributed by atoms with van der Waals surface area (Å²) in [6.07, 6.45) is 5.87. The van der Waals surface area contributed by atoms with Gasteiger partial charge >= 0.3 is 0 Å². The van der Waals surface area contributed by atoms with E-state index in [4.69, 9.17) is 4.99 Å². The van der Waals surface area contributed by atoms with Crippen molar-refractivity contribution in [3.63, 3.8) is 0 Å². The summed E-state index contributed by atoms with van der Waals surface area (Å²) in [6, 6.07) is 19.4. The van der Waals surface area contributed by atoms with Gasteiger partial charge in [0.1, 0.15) is 0 Å². The average Bonchev–Trinajstić information content (AvgIpc) is 3.37. The maximum Gasteiger partial charge on any atom is 0.266 e. The number of nitrogens with zero attached hydrogens (tertiary/aromatic N) is 4. The van der Waals surface area contributed by atoms with E-state index in [1.807, 2.05) is 13.0 Å². The molecule has 0 radical (unpaired) electrons. The highest BCUT2D eigenvalue weighted by Crippen LogP contribution is 2.36. The minimum atomic E-state index is 0.0190. The van der Waals surface area contributed by atoms with Gasteiger partial charge in [0.25, 0.3) is 5.91 Å². The average molecular weight is 541 g/mol. The fourth-order valence-electron chi connectivity index (χ4n) is 5.45. The molecule has 2 aliphatic heterocycles. The van der Waals surface area contributed by atoms with Gasteiger partial charge < -0.3 is 9.47 Å². The second kappa shape index (κ2) is 11.1. The number of amidine groups is 1.